The molecule has 0 unspecified atom stereocenters. The quantitative estimate of drug-likeness (QED) is 0.379. The lowest BCUT2D eigenvalue weighted by Gasteiger charge is -2.25. The molecule has 3 aromatic rings. The zero-order valence-corrected chi connectivity index (χ0v) is 19.0. The lowest BCUT2D eigenvalue weighted by Crippen LogP contribution is -2.35. The van der Waals surface area contributed by atoms with Crippen LogP contribution < -0.4 is 5.32 Å². The third kappa shape index (κ3) is 5.03. The van der Waals surface area contributed by atoms with Crippen molar-refractivity contribution in [1.82, 2.24) is 15.2 Å². The van der Waals surface area contributed by atoms with Crippen molar-refractivity contribution in [3.8, 4) is 0 Å². The number of carbonyl (C=O) groups excluding carboxylic acids is 1. The molecule has 1 saturated heterocycles. The molecule has 1 fully saturated rings. The van der Waals surface area contributed by atoms with E-state index >= 15 is 0 Å². The number of hydrogen-bond acceptors (Lipinski definition) is 6. The molecule has 0 spiro atoms. The minimum absolute atomic E-state index is 0.0219. The lowest BCUT2D eigenvalue weighted by molar-refractivity contribution is -0.143. The molecule has 3 heterocycles. The summed E-state index contributed by atoms with van der Waals surface area (Å²) in [5.74, 6) is 0.337. The SMILES string of the molecule is CCOC(=O)CN1C(=S)N[C@H](c2ccccn2)[C@@H]1c1ccc(Sc2ccc(Cl)cc2)o1. The number of esters is 1. The van der Waals surface area contributed by atoms with Crippen LogP contribution in [0, 0.1) is 0 Å². The summed E-state index contributed by atoms with van der Waals surface area (Å²) in [6.45, 7) is 2.11. The number of pyridine rings is 1. The highest BCUT2D eigenvalue weighted by Crippen LogP contribution is 2.41. The molecule has 1 aliphatic heterocycles. The molecule has 0 aliphatic carbocycles. The number of halogens is 1. The molecule has 1 aromatic carbocycles. The Bertz CT molecular complexity index is 1060. The number of nitrogens with zero attached hydrogens (tertiary/aromatic N) is 2. The Labute approximate surface area is 194 Å². The summed E-state index contributed by atoms with van der Waals surface area (Å²) >= 11 is 13.0. The number of benzene rings is 1. The standard InChI is InChI=1S/C22H20ClN3O3S2/c1-2-28-18(27)13-26-21(20(25-22(26)30)16-5-3-4-12-24-16)17-10-11-19(29-17)31-15-8-6-14(23)7-9-15/h3-12,20-21H,2,13H2,1H3,(H,25,30)/t20-,21+/m1/s1. The van der Waals surface area contributed by atoms with Gasteiger partial charge in [0.25, 0.3) is 0 Å². The van der Waals surface area contributed by atoms with Gasteiger partial charge in [-0.15, -0.1) is 0 Å². The average Bonchev–Trinajstić information content (AvgIpc) is 3.35. The van der Waals surface area contributed by atoms with Crippen molar-refractivity contribution < 1.29 is 13.9 Å². The van der Waals surface area contributed by atoms with Crippen LogP contribution >= 0.6 is 35.6 Å². The summed E-state index contributed by atoms with van der Waals surface area (Å²) in [4.78, 5) is 19.5. The highest BCUT2D eigenvalue weighted by molar-refractivity contribution is 7.99. The van der Waals surface area contributed by atoms with Crippen molar-refractivity contribution in [1.29, 1.82) is 0 Å². The highest BCUT2D eigenvalue weighted by atomic mass is 35.5. The monoisotopic (exact) mass is 473 g/mol. The maximum absolute atomic E-state index is 12.2. The van der Waals surface area contributed by atoms with E-state index in [0.29, 0.717) is 22.5 Å². The molecule has 0 bridgehead atoms. The summed E-state index contributed by atoms with van der Waals surface area (Å²) in [6.07, 6.45) is 1.73. The summed E-state index contributed by atoms with van der Waals surface area (Å²) in [5, 5.41) is 5.15. The number of ether oxygens (including phenoxy) is 1. The van der Waals surface area contributed by atoms with Crippen LogP contribution in [-0.4, -0.2) is 34.1 Å². The minimum Gasteiger partial charge on any atom is -0.465 e. The van der Waals surface area contributed by atoms with Crippen LogP contribution in [-0.2, 0) is 9.53 Å². The molecule has 0 amide bonds. The molecule has 2 atom stereocenters. The van der Waals surface area contributed by atoms with E-state index in [2.05, 4.69) is 10.3 Å². The summed E-state index contributed by atoms with van der Waals surface area (Å²) in [6, 6.07) is 16.5. The average molecular weight is 474 g/mol. The Balaban J connectivity index is 1.63. The van der Waals surface area contributed by atoms with E-state index in [0.717, 1.165) is 15.7 Å². The Hall–Kier alpha value is -2.55. The normalized spacial score (nSPS) is 18.1. The number of thiocarbonyl (C=S) groups is 1. The third-order valence-corrected chi connectivity index (χ3v) is 6.26. The van der Waals surface area contributed by atoms with Gasteiger partial charge in [-0.05, 0) is 67.7 Å². The molecule has 0 radical (unpaired) electrons. The number of hydrogen-bond donors (Lipinski definition) is 1. The van der Waals surface area contributed by atoms with Gasteiger partial charge in [0.2, 0.25) is 0 Å². The van der Waals surface area contributed by atoms with Crippen LogP contribution in [0.1, 0.15) is 30.5 Å². The van der Waals surface area contributed by atoms with Gasteiger partial charge in [-0.25, -0.2) is 0 Å². The highest BCUT2D eigenvalue weighted by Gasteiger charge is 2.42. The van der Waals surface area contributed by atoms with Crippen LogP contribution in [0.5, 0.6) is 0 Å². The first-order chi connectivity index (χ1) is 15.0. The zero-order chi connectivity index (χ0) is 21.8. The molecule has 2 aromatic heterocycles. The van der Waals surface area contributed by atoms with Crippen LogP contribution in [0.2, 0.25) is 5.02 Å². The fraction of sp³-hybridized carbons (Fsp3) is 0.227. The number of nitrogens with one attached hydrogen (secondary N) is 1. The predicted octanol–water partition coefficient (Wildman–Crippen LogP) is 5.01. The fourth-order valence-electron chi connectivity index (χ4n) is 3.40. The van der Waals surface area contributed by atoms with Crippen LogP contribution in [0.3, 0.4) is 0 Å². The second kappa shape index (κ2) is 9.72. The van der Waals surface area contributed by atoms with Gasteiger partial charge in [0.15, 0.2) is 10.2 Å². The molecule has 31 heavy (non-hydrogen) atoms. The van der Waals surface area contributed by atoms with Crippen molar-refractivity contribution in [3.63, 3.8) is 0 Å². The summed E-state index contributed by atoms with van der Waals surface area (Å²) in [7, 11) is 0. The molecule has 1 aliphatic rings. The largest absolute Gasteiger partial charge is 0.465 e. The first kappa shape index (κ1) is 21.7. The Morgan fingerprint density at radius 2 is 2.06 bits per heavy atom. The molecule has 160 valence electrons. The first-order valence-electron chi connectivity index (χ1n) is 9.72. The van der Waals surface area contributed by atoms with Gasteiger partial charge < -0.3 is 19.4 Å². The zero-order valence-electron chi connectivity index (χ0n) is 16.7. The van der Waals surface area contributed by atoms with E-state index in [9.17, 15) is 4.79 Å². The number of furan rings is 1. The van der Waals surface area contributed by atoms with Gasteiger partial charge in [0.05, 0.1) is 18.3 Å². The maximum atomic E-state index is 12.2. The smallest absolute Gasteiger partial charge is 0.325 e. The van der Waals surface area contributed by atoms with Gasteiger partial charge in [-0.2, -0.15) is 0 Å². The molecule has 4 rings (SSSR count). The third-order valence-electron chi connectivity index (χ3n) is 4.73. The van der Waals surface area contributed by atoms with E-state index < -0.39 is 0 Å². The van der Waals surface area contributed by atoms with Gasteiger partial charge in [-0.1, -0.05) is 29.4 Å². The Morgan fingerprint density at radius 1 is 1.26 bits per heavy atom. The van der Waals surface area contributed by atoms with E-state index in [1.165, 1.54) is 11.8 Å². The predicted molar refractivity (Wildman–Crippen MR) is 123 cm³/mol. The second-order valence-electron chi connectivity index (χ2n) is 6.77. The topological polar surface area (TPSA) is 67.6 Å². The van der Waals surface area contributed by atoms with E-state index in [-0.39, 0.29) is 24.6 Å². The van der Waals surface area contributed by atoms with Gasteiger partial charge in [-0.3, -0.25) is 9.78 Å². The van der Waals surface area contributed by atoms with Crippen LogP contribution in [0.15, 0.2) is 75.2 Å². The van der Waals surface area contributed by atoms with E-state index in [1.807, 2.05) is 54.6 Å². The Morgan fingerprint density at radius 3 is 2.77 bits per heavy atom. The van der Waals surface area contributed by atoms with Crippen LogP contribution in [0.4, 0.5) is 0 Å². The van der Waals surface area contributed by atoms with Crippen molar-refractivity contribution in [2.75, 3.05) is 13.2 Å². The maximum Gasteiger partial charge on any atom is 0.325 e. The summed E-state index contributed by atoms with van der Waals surface area (Å²) < 4.78 is 11.3. The minimum atomic E-state index is -0.347. The van der Waals surface area contributed by atoms with Crippen molar-refractivity contribution in [2.24, 2.45) is 0 Å². The second-order valence-corrected chi connectivity index (χ2v) is 8.67. The molecule has 1 N–H and O–H groups in total. The number of carbonyl (C=O) groups is 1. The molecular weight excluding hydrogens is 454 g/mol. The Kier molecular flexibility index (Phi) is 6.80. The van der Waals surface area contributed by atoms with Crippen LogP contribution in [0.25, 0.3) is 0 Å². The van der Waals surface area contributed by atoms with E-state index in [1.54, 1.807) is 18.0 Å². The molecule has 6 nitrogen and oxygen atoms in total. The first-order valence-corrected chi connectivity index (χ1v) is 11.3. The fourth-order valence-corrected chi connectivity index (χ4v) is 4.61. The van der Waals surface area contributed by atoms with Crippen molar-refractivity contribution >= 4 is 46.7 Å². The van der Waals surface area contributed by atoms with Gasteiger partial charge in [0.1, 0.15) is 18.3 Å². The van der Waals surface area contributed by atoms with Crippen molar-refractivity contribution in [2.45, 2.75) is 29.0 Å². The van der Waals surface area contributed by atoms with Crippen molar-refractivity contribution in [3.05, 3.63) is 77.3 Å². The lowest BCUT2D eigenvalue weighted by atomic mass is 10.0. The number of aromatic nitrogens is 1. The molecule has 9 heteroatoms. The van der Waals surface area contributed by atoms with Gasteiger partial charge >= 0.3 is 5.97 Å². The molecule has 0 saturated carbocycles. The summed E-state index contributed by atoms with van der Waals surface area (Å²) in [5.41, 5.74) is 0.810. The van der Waals surface area contributed by atoms with E-state index in [4.69, 9.17) is 33.0 Å². The van der Waals surface area contributed by atoms with Gasteiger partial charge in [0, 0.05) is 16.1 Å². The molecular formula is C22H20ClN3O3S2. The number of rotatable bonds is 7.